The third-order valence-corrected chi connectivity index (χ3v) is 3.27. The third kappa shape index (κ3) is 3.83. The maximum Gasteiger partial charge on any atom is 0.119 e. The van der Waals surface area contributed by atoms with Gasteiger partial charge in [0.1, 0.15) is 12.4 Å². The zero-order valence-corrected chi connectivity index (χ0v) is 11.5. The van der Waals surface area contributed by atoms with Gasteiger partial charge >= 0.3 is 0 Å². The Hall–Kier alpha value is -1.80. The molecule has 0 saturated heterocycles. The van der Waals surface area contributed by atoms with Crippen molar-refractivity contribution in [3.05, 3.63) is 54.6 Å². The van der Waals surface area contributed by atoms with E-state index in [1.165, 1.54) is 5.56 Å². The van der Waals surface area contributed by atoms with Crippen molar-refractivity contribution in [2.75, 3.05) is 6.61 Å². The molecule has 0 fully saturated rings. The van der Waals surface area contributed by atoms with Crippen molar-refractivity contribution in [3.8, 4) is 16.9 Å². The van der Waals surface area contributed by atoms with E-state index < -0.39 is 5.60 Å². The number of aliphatic hydroxyl groups is 1. The van der Waals surface area contributed by atoms with Crippen molar-refractivity contribution in [2.45, 2.75) is 25.9 Å². The molecule has 2 aromatic carbocycles. The second-order valence-corrected chi connectivity index (χ2v) is 5.03. The molecule has 1 unspecified atom stereocenters. The normalized spacial score (nSPS) is 13.8. The van der Waals surface area contributed by atoms with E-state index in [2.05, 4.69) is 12.1 Å². The molecule has 100 valence electrons. The Balaban J connectivity index is 2.03. The van der Waals surface area contributed by atoms with Crippen molar-refractivity contribution in [1.29, 1.82) is 0 Å². The number of ether oxygens (including phenoxy) is 1. The molecule has 2 heteroatoms. The standard InChI is InChI=1S/C17H20O2/c1-3-17(2,18)13-19-16-11-9-15(10-12-16)14-7-5-4-6-8-14/h4-12,18H,3,13H2,1-2H3. The minimum absolute atomic E-state index is 0.314. The van der Waals surface area contributed by atoms with Gasteiger partial charge in [-0.1, -0.05) is 49.4 Å². The SMILES string of the molecule is CCC(C)(O)COc1ccc(-c2ccccc2)cc1. The minimum atomic E-state index is -0.766. The molecular weight excluding hydrogens is 236 g/mol. The van der Waals surface area contributed by atoms with Gasteiger partial charge in [0, 0.05) is 0 Å². The number of hydrogen-bond donors (Lipinski definition) is 1. The van der Waals surface area contributed by atoms with Crippen LogP contribution in [0.15, 0.2) is 54.6 Å². The number of benzene rings is 2. The summed E-state index contributed by atoms with van der Waals surface area (Å²) in [6.45, 7) is 4.04. The summed E-state index contributed by atoms with van der Waals surface area (Å²) in [7, 11) is 0. The summed E-state index contributed by atoms with van der Waals surface area (Å²) < 4.78 is 5.60. The molecule has 2 rings (SSSR count). The van der Waals surface area contributed by atoms with E-state index in [0.29, 0.717) is 13.0 Å². The Morgan fingerprint density at radius 2 is 1.53 bits per heavy atom. The minimum Gasteiger partial charge on any atom is -0.491 e. The highest BCUT2D eigenvalue weighted by molar-refractivity contribution is 5.63. The molecule has 2 nitrogen and oxygen atoms in total. The summed E-state index contributed by atoms with van der Waals surface area (Å²) in [6.07, 6.45) is 0.676. The van der Waals surface area contributed by atoms with Crippen LogP contribution in [0.3, 0.4) is 0 Å². The molecule has 0 aliphatic rings. The van der Waals surface area contributed by atoms with Crippen LogP contribution in [0.4, 0.5) is 0 Å². The fourth-order valence-electron chi connectivity index (χ4n) is 1.72. The average Bonchev–Trinajstić information content (AvgIpc) is 2.47. The Morgan fingerprint density at radius 1 is 0.947 bits per heavy atom. The predicted octanol–water partition coefficient (Wildman–Crippen LogP) is 3.89. The molecule has 0 saturated carbocycles. The quantitative estimate of drug-likeness (QED) is 0.879. The maximum atomic E-state index is 9.89. The first-order valence-corrected chi connectivity index (χ1v) is 6.61. The van der Waals surface area contributed by atoms with Crippen molar-refractivity contribution in [2.24, 2.45) is 0 Å². The lowest BCUT2D eigenvalue weighted by atomic mass is 10.1. The molecule has 0 bridgehead atoms. The van der Waals surface area contributed by atoms with E-state index in [4.69, 9.17) is 4.74 Å². The largest absolute Gasteiger partial charge is 0.491 e. The van der Waals surface area contributed by atoms with E-state index in [1.807, 2.05) is 49.4 Å². The van der Waals surface area contributed by atoms with E-state index in [0.717, 1.165) is 11.3 Å². The first-order chi connectivity index (χ1) is 9.11. The molecule has 0 aromatic heterocycles. The molecular formula is C17H20O2. The first-order valence-electron chi connectivity index (χ1n) is 6.61. The Bertz CT molecular complexity index is 501. The maximum absolute atomic E-state index is 9.89. The molecule has 1 atom stereocenters. The van der Waals surface area contributed by atoms with E-state index >= 15 is 0 Å². The highest BCUT2D eigenvalue weighted by Crippen LogP contribution is 2.22. The van der Waals surface area contributed by atoms with Gasteiger partial charge in [0.15, 0.2) is 0 Å². The summed E-state index contributed by atoms with van der Waals surface area (Å²) in [6, 6.07) is 18.2. The van der Waals surface area contributed by atoms with Gasteiger partial charge < -0.3 is 9.84 Å². The molecule has 0 radical (unpaired) electrons. The summed E-state index contributed by atoms with van der Waals surface area (Å²) in [5.74, 6) is 0.786. The van der Waals surface area contributed by atoms with Crippen LogP contribution < -0.4 is 4.74 Å². The second-order valence-electron chi connectivity index (χ2n) is 5.03. The molecule has 0 spiro atoms. The summed E-state index contributed by atoms with van der Waals surface area (Å²) in [5.41, 5.74) is 1.59. The van der Waals surface area contributed by atoms with Crippen LogP contribution in [-0.4, -0.2) is 17.3 Å². The highest BCUT2D eigenvalue weighted by atomic mass is 16.5. The predicted molar refractivity (Wildman–Crippen MR) is 78.3 cm³/mol. The van der Waals surface area contributed by atoms with Crippen molar-refractivity contribution in [1.82, 2.24) is 0 Å². The van der Waals surface area contributed by atoms with Crippen LogP contribution in [0.2, 0.25) is 0 Å². The lowest BCUT2D eigenvalue weighted by molar-refractivity contribution is 0.00847. The van der Waals surface area contributed by atoms with Crippen molar-refractivity contribution < 1.29 is 9.84 Å². The molecule has 1 N–H and O–H groups in total. The van der Waals surface area contributed by atoms with Gasteiger partial charge in [-0.2, -0.15) is 0 Å². The first kappa shape index (κ1) is 13.6. The monoisotopic (exact) mass is 256 g/mol. The second kappa shape index (κ2) is 5.89. The van der Waals surface area contributed by atoms with Crippen LogP contribution in [0.1, 0.15) is 20.3 Å². The highest BCUT2D eigenvalue weighted by Gasteiger charge is 2.18. The van der Waals surface area contributed by atoms with Crippen LogP contribution in [0, 0.1) is 0 Å². The van der Waals surface area contributed by atoms with Crippen LogP contribution in [0.5, 0.6) is 5.75 Å². The van der Waals surface area contributed by atoms with E-state index in [-0.39, 0.29) is 0 Å². The van der Waals surface area contributed by atoms with E-state index in [1.54, 1.807) is 6.92 Å². The van der Waals surface area contributed by atoms with Gasteiger partial charge in [-0.3, -0.25) is 0 Å². The lowest BCUT2D eigenvalue weighted by Crippen LogP contribution is -2.31. The third-order valence-electron chi connectivity index (χ3n) is 3.27. The zero-order valence-electron chi connectivity index (χ0n) is 11.5. The van der Waals surface area contributed by atoms with Crippen molar-refractivity contribution >= 4 is 0 Å². The Labute approximate surface area is 114 Å². The summed E-state index contributed by atoms with van der Waals surface area (Å²) in [4.78, 5) is 0. The summed E-state index contributed by atoms with van der Waals surface area (Å²) >= 11 is 0. The fraction of sp³-hybridized carbons (Fsp3) is 0.294. The number of rotatable bonds is 5. The van der Waals surface area contributed by atoms with Gasteiger partial charge in [-0.05, 0) is 36.6 Å². The Morgan fingerprint density at radius 3 is 2.11 bits per heavy atom. The molecule has 0 aliphatic carbocycles. The molecule has 0 amide bonds. The van der Waals surface area contributed by atoms with E-state index in [9.17, 15) is 5.11 Å². The topological polar surface area (TPSA) is 29.5 Å². The lowest BCUT2D eigenvalue weighted by Gasteiger charge is -2.21. The summed E-state index contributed by atoms with van der Waals surface area (Å²) in [5, 5.41) is 9.89. The van der Waals surface area contributed by atoms with Gasteiger partial charge in [-0.15, -0.1) is 0 Å². The molecule has 19 heavy (non-hydrogen) atoms. The van der Waals surface area contributed by atoms with Crippen LogP contribution in [0.25, 0.3) is 11.1 Å². The Kier molecular flexibility index (Phi) is 4.23. The van der Waals surface area contributed by atoms with Crippen molar-refractivity contribution in [3.63, 3.8) is 0 Å². The van der Waals surface area contributed by atoms with Gasteiger partial charge in [0.25, 0.3) is 0 Å². The number of hydrogen-bond acceptors (Lipinski definition) is 2. The smallest absolute Gasteiger partial charge is 0.119 e. The van der Waals surface area contributed by atoms with Crippen LogP contribution >= 0.6 is 0 Å². The zero-order chi connectivity index (χ0) is 13.7. The van der Waals surface area contributed by atoms with Gasteiger partial charge in [0.2, 0.25) is 0 Å². The van der Waals surface area contributed by atoms with Gasteiger partial charge in [-0.25, -0.2) is 0 Å². The molecule has 2 aromatic rings. The van der Waals surface area contributed by atoms with Gasteiger partial charge in [0.05, 0.1) is 5.60 Å². The average molecular weight is 256 g/mol. The fourth-order valence-corrected chi connectivity index (χ4v) is 1.72. The molecule has 0 heterocycles. The van der Waals surface area contributed by atoms with Crippen LogP contribution in [-0.2, 0) is 0 Å². The molecule has 0 aliphatic heterocycles.